The van der Waals surface area contributed by atoms with Crippen molar-refractivity contribution in [1.82, 2.24) is 30.0 Å². The lowest BCUT2D eigenvalue weighted by molar-refractivity contribution is 0.0999. The molecule has 7 nitrogen and oxygen atoms in total. The van der Waals surface area contributed by atoms with E-state index in [9.17, 15) is 0 Å². The van der Waals surface area contributed by atoms with Gasteiger partial charge in [-0.25, -0.2) is 4.68 Å². The van der Waals surface area contributed by atoms with Crippen LogP contribution in [0.2, 0.25) is 0 Å². The lowest BCUT2D eigenvalue weighted by atomic mass is 10.0. The molecule has 3 aromatic rings. The molecule has 4 rings (SSSR count). The van der Waals surface area contributed by atoms with Gasteiger partial charge in [-0.2, -0.15) is 0 Å². The Labute approximate surface area is 198 Å². The molecule has 1 aliphatic heterocycles. The highest BCUT2D eigenvalue weighted by molar-refractivity contribution is 5.47. The van der Waals surface area contributed by atoms with Crippen LogP contribution < -0.4 is 4.90 Å². The van der Waals surface area contributed by atoms with Crippen molar-refractivity contribution in [3.8, 4) is 0 Å². The Hall–Kier alpha value is -2.77. The Balaban J connectivity index is 1.54. The summed E-state index contributed by atoms with van der Waals surface area (Å²) >= 11 is 0. The molecule has 1 atom stereocenters. The van der Waals surface area contributed by atoms with Gasteiger partial charge in [0.2, 0.25) is 0 Å². The number of anilines is 1. The van der Waals surface area contributed by atoms with E-state index in [1.807, 2.05) is 4.68 Å². The number of nitrogens with zero attached hydrogens (tertiary/aromatic N) is 7. The molecule has 0 saturated carbocycles. The normalized spacial score (nSPS) is 16.3. The fourth-order valence-electron chi connectivity index (χ4n) is 4.45. The van der Waals surface area contributed by atoms with Crippen molar-refractivity contribution >= 4 is 5.69 Å². The summed E-state index contributed by atoms with van der Waals surface area (Å²) in [7, 11) is 4.15. The van der Waals surface area contributed by atoms with Crippen molar-refractivity contribution < 1.29 is 0 Å². The number of hydrogen-bond acceptors (Lipinski definition) is 6. The van der Waals surface area contributed by atoms with Gasteiger partial charge >= 0.3 is 0 Å². The Morgan fingerprint density at radius 1 is 0.909 bits per heavy atom. The van der Waals surface area contributed by atoms with Crippen molar-refractivity contribution in [3.05, 3.63) is 71.5 Å². The molecule has 1 saturated heterocycles. The summed E-state index contributed by atoms with van der Waals surface area (Å²) < 4.78 is 2.01. The van der Waals surface area contributed by atoms with Crippen LogP contribution in [-0.4, -0.2) is 70.3 Å². The van der Waals surface area contributed by atoms with Gasteiger partial charge in [0.15, 0.2) is 5.82 Å². The highest BCUT2D eigenvalue weighted by Crippen LogP contribution is 2.30. The highest BCUT2D eigenvalue weighted by Gasteiger charge is 2.30. The standard InChI is InChI=1S/C26H37N7/c1-21(2)14-15-33-26(27-28-29-33)25(23-10-12-24(13-11-23)30(3)4)32-18-16-31(17-19-32)20-22-8-6-5-7-9-22/h5-13,21,25H,14-20H2,1-4H3/t25-/m0/s1. The van der Waals surface area contributed by atoms with Crippen LogP contribution in [0.4, 0.5) is 5.69 Å². The van der Waals surface area contributed by atoms with Gasteiger partial charge < -0.3 is 4.90 Å². The molecule has 0 amide bonds. The molecule has 0 radical (unpaired) electrons. The van der Waals surface area contributed by atoms with E-state index in [0.29, 0.717) is 5.92 Å². The first-order valence-corrected chi connectivity index (χ1v) is 12.0. The Bertz CT molecular complexity index is 973. The number of benzene rings is 2. The Morgan fingerprint density at radius 3 is 2.24 bits per heavy atom. The zero-order valence-corrected chi connectivity index (χ0v) is 20.4. The van der Waals surface area contributed by atoms with E-state index in [-0.39, 0.29) is 6.04 Å². The maximum Gasteiger partial charge on any atom is 0.173 e. The number of aryl methyl sites for hydroxylation is 1. The molecule has 2 aromatic carbocycles. The number of rotatable bonds is 9. The van der Waals surface area contributed by atoms with Crippen LogP contribution in [0.5, 0.6) is 0 Å². The summed E-state index contributed by atoms with van der Waals surface area (Å²) in [6.45, 7) is 10.4. The minimum atomic E-state index is 0.0576. The zero-order chi connectivity index (χ0) is 23.2. The maximum atomic E-state index is 4.53. The van der Waals surface area contributed by atoms with Crippen molar-refractivity contribution in [2.75, 3.05) is 45.2 Å². The molecule has 7 heteroatoms. The van der Waals surface area contributed by atoms with E-state index in [2.05, 4.69) is 113 Å². The average Bonchev–Trinajstić information content (AvgIpc) is 3.28. The van der Waals surface area contributed by atoms with Crippen LogP contribution in [0.25, 0.3) is 0 Å². The summed E-state index contributed by atoms with van der Waals surface area (Å²) in [4.78, 5) is 7.22. The molecule has 1 aromatic heterocycles. The van der Waals surface area contributed by atoms with Crippen LogP contribution in [0.3, 0.4) is 0 Å². The maximum absolute atomic E-state index is 4.53. The summed E-state index contributed by atoms with van der Waals surface area (Å²) in [5, 5.41) is 13.0. The summed E-state index contributed by atoms with van der Waals surface area (Å²) in [6.07, 6.45) is 1.06. The lowest BCUT2D eigenvalue weighted by Crippen LogP contribution is -2.48. The van der Waals surface area contributed by atoms with Crippen molar-refractivity contribution in [2.45, 2.75) is 39.4 Å². The van der Waals surface area contributed by atoms with E-state index >= 15 is 0 Å². The fraction of sp³-hybridized carbons (Fsp3) is 0.500. The number of piperazine rings is 1. The second kappa shape index (κ2) is 10.9. The van der Waals surface area contributed by atoms with Gasteiger partial charge in [0.05, 0.1) is 6.04 Å². The second-order valence-electron chi connectivity index (χ2n) is 9.63. The summed E-state index contributed by atoms with van der Waals surface area (Å²) in [6, 6.07) is 19.7. The third kappa shape index (κ3) is 5.97. The predicted molar refractivity (Wildman–Crippen MR) is 133 cm³/mol. The molecule has 1 aliphatic rings. The van der Waals surface area contributed by atoms with E-state index in [1.165, 1.54) is 16.8 Å². The van der Waals surface area contributed by atoms with Gasteiger partial charge in [0, 0.05) is 59.1 Å². The molecule has 176 valence electrons. The van der Waals surface area contributed by atoms with Gasteiger partial charge in [-0.3, -0.25) is 9.80 Å². The van der Waals surface area contributed by atoms with Crippen LogP contribution in [0, 0.1) is 5.92 Å². The first-order chi connectivity index (χ1) is 16.0. The summed E-state index contributed by atoms with van der Waals surface area (Å²) in [5.41, 5.74) is 3.82. The second-order valence-corrected chi connectivity index (χ2v) is 9.63. The van der Waals surface area contributed by atoms with Gasteiger partial charge in [0.25, 0.3) is 0 Å². The Kier molecular flexibility index (Phi) is 7.73. The molecule has 0 unspecified atom stereocenters. The molecule has 0 N–H and O–H groups in total. The van der Waals surface area contributed by atoms with Crippen molar-refractivity contribution in [2.24, 2.45) is 5.92 Å². The third-order valence-electron chi connectivity index (χ3n) is 6.47. The quantitative estimate of drug-likeness (QED) is 0.499. The molecule has 33 heavy (non-hydrogen) atoms. The smallest absolute Gasteiger partial charge is 0.173 e. The van der Waals surface area contributed by atoms with Gasteiger partial charge in [-0.05, 0) is 46.0 Å². The highest BCUT2D eigenvalue weighted by atomic mass is 15.6. The minimum Gasteiger partial charge on any atom is -0.378 e. The zero-order valence-electron chi connectivity index (χ0n) is 20.4. The Morgan fingerprint density at radius 2 is 1.61 bits per heavy atom. The van der Waals surface area contributed by atoms with Crippen LogP contribution in [0.15, 0.2) is 54.6 Å². The topological polar surface area (TPSA) is 53.3 Å². The van der Waals surface area contributed by atoms with Gasteiger partial charge in [0.1, 0.15) is 0 Å². The number of hydrogen-bond donors (Lipinski definition) is 0. The predicted octanol–water partition coefficient (Wildman–Crippen LogP) is 3.69. The lowest BCUT2D eigenvalue weighted by Gasteiger charge is -2.39. The number of aromatic nitrogens is 4. The van der Waals surface area contributed by atoms with Crippen LogP contribution >= 0.6 is 0 Å². The fourth-order valence-corrected chi connectivity index (χ4v) is 4.45. The van der Waals surface area contributed by atoms with E-state index in [1.54, 1.807) is 0 Å². The molecule has 0 spiro atoms. The van der Waals surface area contributed by atoms with E-state index < -0.39 is 0 Å². The van der Waals surface area contributed by atoms with E-state index in [0.717, 1.165) is 51.5 Å². The molecule has 0 aliphatic carbocycles. The van der Waals surface area contributed by atoms with Gasteiger partial charge in [-0.1, -0.05) is 56.3 Å². The molecule has 0 bridgehead atoms. The first kappa shape index (κ1) is 23.4. The number of tetrazole rings is 1. The monoisotopic (exact) mass is 447 g/mol. The minimum absolute atomic E-state index is 0.0576. The average molecular weight is 448 g/mol. The largest absolute Gasteiger partial charge is 0.378 e. The van der Waals surface area contributed by atoms with E-state index in [4.69, 9.17) is 0 Å². The van der Waals surface area contributed by atoms with Crippen LogP contribution in [0.1, 0.15) is 43.3 Å². The molecule has 1 fully saturated rings. The molecular formula is C26H37N7. The van der Waals surface area contributed by atoms with Crippen molar-refractivity contribution in [3.63, 3.8) is 0 Å². The SMILES string of the molecule is CC(C)CCn1nnnc1[C@H](c1ccc(N(C)C)cc1)N1CCN(Cc2ccccc2)CC1. The van der Waals surface area contributed by atoms with Gasteiger partial charge in [-0.15, -0.1) is 5.10 Å². The first-order valence-electron chi connectivity index (χ1n) is 12.0. The van der Waals surface area contributed by atoms with Crippen LogP contribution in [-0.2, 0) is 13.1 Å². The third-order valence-corrected chi connectivity index (χ3v) is 6.47. The molecule has 2 heterocycles. The van der Waals surface area contributed by atoms with Crippen molar-refractivity contribution in [1.29, 1.82) is 0 Å². The summed E-state index contributed by atoms with van der Waals surface area (Å²) in [5.74, 6) is 1.56. The molecular weight excluding hydrogens is 410 g/mol.